The molecule has 0 N–H and O–H groups in total. The Kier molecular flexibility index (Phi) is 4.81. The van der Waals surface area contributed by atoms with Gasteiger partial charge in [-0.25, -0.2) is 0 Å². The summed E-state index contributed by atoms with van der Waals surface area (Å²) < 4.78 is 0. The topological polar surface area (TPSA) is 37.4 Å². The maximum Gasteiger partial charge on any atom is 0.223 e. The van der Waals surface area contributed by atoms with E-state index < -0.39 is 0 Å². The van der Waals surface area contributed by atoms with E-state index in [0.717, 1.165) is 0 Å². The molecule has 0 aliphatic heterocycles. The van der Waals surface area contributed by atoms with Crippen LogP contribution in [0.3, 0.4) is 0 Å². The first-order chi connectivity index (χ1) is 6.29. The molecule has 0 aromatic heterocycles. The predicted molar refractivity (Wildman–Crippen MR) is 57.1 cm³/mol. The second-order valence-corrected chi connectivity index (χ2v) is 4.51. The van der Waals surface area contributed by atoms with Crippen molar-refractivity contribution < 1.29 is 9.59 Å². The van der Waals surface area contributed by atoms with Gasteiger partial charge >= 0.3 is 0 Å². The maximum absolute atomic E-state index is 11.7. The molecule has 14 heavy (non-hydrogen) atoms. The number of rotatable bonds is 4. The summed E-state index contributed by atoms with van der Waals surface area (Å²) in [5, 5.41) is 0. The molecule has 0 aromatic rings. The van der Waals surface area contributed by atoms with Crippen molar-refractivity contribution in [2.24, 2.45) is 0 Å². The van der Waals surface area contributed by atoms with Crippen LogP contribution in [0.15, 0.2) is 0 Å². The standard InChI is InChI=1S/C11H21NO2/c1-6-12(11(3,4)5)10(14)8-7-9(2)13/h6-8H2,1-5H3. The third-order valence-electron chi connectivity index (χ3n) is 2.12. The molecule has 0 atom stereocenters. The summed E-state index contributed by atoms with van der Waals surface area (Å²) in [7, 11) is 0. The Balaban J connectivity index is 4.26. The first-order valence-corrected chi connectivity index (χ1v) is 5.09. The van der Waals surface area contributed by atoms with E-state index in [1.165, 1.54) is 6.92 Å². The second-order valence-electron chi connectivity index (χ2n) is 4.51. The lowest BCUT2D eigenvalue weighted by Crippen LogP contribution is -2.45. The summed E-state index contributed by atoms with van der Waals surface area (Å²) in [5.74, 6) is 0.138. The van der Waals surface area contributed by atoms with E-state index in [1.807, 2.05) is 27.7 Å². The van der Waals surface area contributed by atoms with Gasteiger partial charge in [-0.15, -0.1) is 0 Å². The van der Waals surface area contributed by atoms with Gasteiger partial charge in [0.1, 0.15) is 5.78 Å². The zero-order valence-corrected chi connectivity index (χ0v) is 9.89. The van der Waals surface area contributed by atoms with Crippen molar-refractivity contribution in [3.63, 3.8) is 0 Å². The number of carbonyl (C=O) groups is 2. The number of carbonyl (C=O) groups excluding carboxylic acids is 2. The molecule has 0 heterocycles. The van der Waals surface area contributed by atoms with Gasteiger partial charge in [-0.3, -0.25) is 4.79 Å². The van der Waals surface area contributed by atoms with Crippen molar-refractivity contribution in [2.75, 3.05) is 6.54 Å². The maximum atomic E-state index is 11.7. The van der Waals surface area contributed by atoms with Crippen LogP contribution in [0.1, 0.15) is 47.5 Å². The minimum atomic E-state index is -0.150. The van der Waals surface area contributed by atoms with Crippen molar-refractivity contribution in [1.29, 1.82) is 0 Å². The molecule has 0 saturated carbocycles. The van der Waals surface area contributed by atoms with Gasteiger partial charge in [-0.2, -0.15) is 0 Å². The number of Topliss-reactive ketones (excluding diaryl/α,β-unsaturated/α-hetero) is 1. The Bertz CT molecular complexity index is 216. The number of amides is 1. The summed E-state index contributed by atoms with van der Waals surface area (Å²) in [6.45, 7) is 10.2. The van der Waals surface area contributed by atoms with Gasteiger partial charge in [0.05, 0.1) is 0 Å². The summed E-state index contributed by atoms with van der Waals surface area (Å²) in [6.07, 6.45) is 0.686. The van der Waals surface area contributed by atoms with Crippen LogP contribution in [0, 0.1) is 0 Å². The molecule has 0 bridgehead atoms. The molecule has 0 saturated heterocycles. The quantitative estimate of drug-likeness (QED) is 0.694. The first kappa shape index (κ1) is 13.1. The van der Waals surface area contributed by atoms with Gasteiger partial charge in [-0.05, 0) is 34.6 Å². The fraction of sp³-hybridized carbons (Fsp3) is 0.818. The van der Waals surface area contributed by atoms with Crippen LogP contribution in [0.4, 0.5) is 0 Å². The predicted octanol–water partition coefficient (Wildman–Crippen LogP) is 2.00. The Hall–Kier alpha value is -0.860. The van der Waals surface area contributed by atoms with Crippen molar-refractivity contribution in [2.45, 2.75) is 53.0 Å². The van der Waals surface area contributed by atoms with Gasteiger partial charge in [0.25, 0.3) is 0 Å². The molecule has 0 radical (unpaired) electrons. The highest BCUT2D eigenvalue weighted by Crippen LogP contribution is 2.14. The molecule has 1 amide bonds. The SMILES string of the molecule is CCN(C(=O)CCC(C)=O)C(C)(C)C. The van der Waals surface area contributed by atoms with Gasteiger partial charge < -0.3 is 9.69 Å². The molecule has 0 spiro atoms. The lowest BCUT2D eigenvalue weighted by Gasteiger charge is -2.34. The Labute approximate surface area is 86.5 Å². The zero-order chi connectivity index (χ0) is 11.4. The fourth-order valence-electron chi connectivity index (χ4n) is 1.44. The monoisotopic (exact) mass is 199 g/mol. The van der Waals surface area contributed by atoms with Gasteiger partial charge in [0, 0.05) is 24.9 Å². The van der Waals surface area contributed by atoms with Crippen LogP contribution >= 0.6 is 0 Å². The molecule has 0 aliphatic carbocycles. The largest absolute Gasteiger partial charge is 0.338 e. The average Bonchev–Trinajstić information content (AvgIpc) is 1.99. The summed E-state index contributed by atoms with van der Waals surface area (Å²) in [6, 6.07) is 0. The summed E-state index contributed by atoms with van der Waals surface area (Å²) in [5.41, 5.74) is -0.150. The average molecular weight is 199 g/mol. The highest BCUT2D eigenvalue weighted by atomic mass is 16.2. The normalized spacial score (nSPS) is 11.2. The molecule has 0 rings (SSSR count). The molecular formula is C11H21NO2. The van der Waals surface area contributed by atoms with Crippen LogP contribution in [0.25, 0.3) is 0 Å². The highest BCUT2D eigenvalue weighted by Gasteiger charge is 2.24. The molecule has 3 nitrogen and oxygen atoms in total. The Morgan fingerprint density at radius 1 is 1.14 bits per heavy atom. The molecule has 0 aliphatic rings. The molecule has 3 heteroatoms. The van der Waals surface area contributed by atoms with Crippen LogP contribution in [-0.4, -0.2) is 28.7 Å². The minimum Gasteiger partial charge on any atom is -0.338 e. The molecule has 0 unspecified atom stereocenters. The highest BCUT2D eigenvalue weighted by molar-refractivity contribution is 5.83. The van der Waals surface area contributed by atoms with Crippen molar-refractivity contribution in [3.8, 4) is 0 Å². The number of nitrogens with zero attached hydrogens (tertiary/aromatic N) is 1. The van der Waals surface area contributed by atoms with E-state index in [-0.39, 0.29) is 17.2 Å². The van der Waals surface area contributed by atoms with Crippen molar-refractivity contribution in [1.82, 2.24) is 4.90 Å². The summed E-state index contributed by atoms with van der Waals surface area (Å²) in [4.78, 5) is 24.2. The van der Waals surface area contributed by atoms with E-state index in [2.05, 4.69) is 0 Å². The van der Waals surface area contributed by atoms with Crippen LogP contribution in [0.2, 0.25) is 0 Å². The van der Waals surface area contributed by atoms with E-state index in [9.17, 15) is 9.59 Å². The molecular weight excluding hydrogens is 178 g/mol. The van der Waals surface area contributed by atoms with Crippen LogP contribution < -0.4 is 0 Å². The van der Waals surface area contributed by atoms with Crippen LogP contribution in [-0.2, 0) is 9.59 Å². The van der Waals surface area contributed by atoms with E-state index in [4.69, 9.17) is 0 Å². The van der Waals surface area contributed by atoms with Gasteiger partial charge in [0.15, 0.2) is 0 Å². The van der Waals surface area contributed by atoms with Crippen molar-refractivity contribution in [3.05, 3.63) is 0 Å². The first-order valence-electron chi connectivity index (χ1n) is 5.09. The van der Waals surface area contributed by atoms with E-state index in [1.54, 1.807) is 4.90 Å². The Morgan fingerprint density at radius 3 is 1.93 bits per heavy atom. The van der Waals surface area contributed by atoms with E-state index >= 15 is 0 Å². The lowest BCUT2D eigenvalue weighted by molar-refractivity contribution is -0.137. The fourth-order valence-corrected chi connectivity index (χ4v) is 1.44. The number of ketones is 1. The van der Waals surface area contributed by atoms with E-state index in [0.29, 0.717) is 19.4 Å². The van der Waals surface area contributed by atoms with Crippen LogP contribution in [0.5, 0.6) is 0 Å². The zero-order valence-electron chi connectivity index (χ0n) is 9.89. The summed E-state index contributed by atoms with van der Waals surface area (Å²) >= 11 is 0. The Morgan fingerprint density at radius 2 is 1.64 bits per heavy atom. The third kappa shape index (κ3) is 4.40. The molecule has 0 fully saturated rings. The number of hydrogen-bond acceptors (Lipinski definition) is 2. The molecule has 82 valence electrons. The molecule has 0 aromatic carbocycles. The number of hydrogen-bond donors (Lipinski definition) is 0. The van der Waals surface area contributed by atoms with Crippen molar-refractivity contribution >= 4 is 11.7 Å². The third-order valence-corrected chi connectivity index (χ3v) is 2.12. The second kappa shape index (κ2) is 5.13. The lowest BCUT2D eigenvalue weighted by atomic mass is 10.0. The van der Waals surface area contributed by atoms with Gasteiger partial charge in [0.2, 0.25) is 5.91 Å². The smallest absolute Gasteiger partial charge is 0.223 e. The minimum absolute atomic E-state index is 0.0650. The van der Waals surface area contributed by atoms with Gasteiger partial charge in [-0.1, -0.05) is 0 Å².